The molecule has 0 aliphatic heterocycles. The van der Waals surface area contributed by atoms with Crippen molar-refractivity contribution in [3.63, 3.8) is 0 Å². The molecule has 2 rings (SSSR count). The summed E-state index contributed by atoms with van der Waals surface area (Å²) in [5.74, 6) is 0.403. The van der Waals surface area contributed by atoms with E-state index < -0.39 is 9.84 Å². The molecule has 1 heterocycles. The van der Waals surface area contributed by atoms with Crippen LogP contribution in [0.5, 0.6) is 0 Å². The highest BCUT2D eigenvalue weighted by Crippen LogP contribution is 2.38. The molecular weight excluding hydrogens is 346 g/mol. The van der Waals surface area contributed by atoms with E-state index >= 15 is 0 Å². The SMILES string of the molecule is CNC(c1csc(Br)c1)C1CCCC(S(C)(=O)=O)C1. The van der Waals surface area contributed by atoms with Crippen LogP contribution in [0.15, 0.2) is 15.2 Å². The van der Waals surface area contributed by atoms with E-state index in [4.69, 9.17) is 0 Å². The molecule has 1 fully saturated rings. The van der Waals surface area contributed by atoms with E-state index in [9.17, 15) is 8.42 Å². The van der Waals surface area contributed by atoms with Crippen LogP contribution in [0, 0.1) is 5.92 Å². The molecule has 1 aliphatic carbocycles. The third-order valence-electron chi connectivity index (χ3n) is 4.00. The summed E-state index contributed by atoms with van der Waals surface area (Å²) in [7, 11) is -0.953. The largest absolute Gasteiger partial charge is 0.313 e. The zero-order valence-corrected chi connectivity index (χ0v) is 14.4. The quantitative estimate of drug-likeness (QED) is 0.889. The minimum Gasteiger partial charge on any atom is -0.313 e. The second kappa shape index (κ2) is 6.24. The smallest absolute Gasteiger partial charge is 0.150 e. The summed E-state index contributed by atoms with van der Waals surface area (Å²) in [6.45, 7) is 0. The fourth-order valence-electron chi connectivity index (χ4n) is 3.03. The van der Waals surface area contributed by atoms with Gasteiger partial charge in [-0.2, -0.15) is 0 Å². The predicted octanol–water partition coefficient (Wildman–Crippen LogP) is 3.37. The summed E-state index contributed by atoms with van der Waals surface area (Å²) in [6, 6.07) is 2.39. The van der Waals surface area contributed by atoms with Crippen LogP contribution in [0.3, 0.4) is 0 Å². The highest BCUT2D eigenvalue weighted by molar-refractivity contribution is 9.11. The average molecular weight is 366 g/mol. The maximum absolute atomic E-state index is 11.8. The molecule has 1 aliphatic rings. The Morgan fingerprint density at radius 2 is 2.21 bits per heavy atom. The van der Waals surface area contributed by atoms with E-state index in [0.29, 0.717) is 5.92 Å². The Kier molecular flexibility index (Phi) is 5.09. The molecule has 1 saturated carbocycles. The molecule has 3 unspecified atom stereocenters. The third-order valence-corrected chi connectivity index (χ3v) is 7.16. The van der Waals surface area contributed by atoms with Crippen molar-refractivity contribution in [3.8, 4) is 0 Å². The normalized spacial score (nSPS) is 26.3. The molecule has 0 amide bonds. The lowest BCUT2D eigenvalue weighted by molar-refractivity contribution is 0.283. The maximum atomic E-state index is 11.8. The summed E-state index contributed by atoms with van der Waals surface area (Å²) >= 11 is 5.17. The van der Waals surface area contributed by atoms with Gasteiger partial charge in [0.05, 0.1) is 9.04 Å². The Morgan fingerprint density at radius 1 is 1.47 bits per heavy atom. The first-order valence-electron chi connectivity index (χ1n) is 6.52. The van der Waals surface area contributed by atoms with Gasteiger partial charge < -0.3 is 5.32 Å². The Morgan fingerprint density at radius 3 is 2.74 bits per heavy atom. The van der Waals surface area contributed by atoms with Gasteiger partial charge in [-0.05, 0) is 65.2 Å². The maximum Gasteiger partial charge on any atom is 0.150 e. The minimum atomic E-state index is -2.91. The summed E-state index contributed by atoms with van der Waals surface area (Å²) in [4.78, 5) is 0. The van der Waals surface area contributed by atoms with Crippen LogP contribution in [-0.2, 0) is 9.84 Å². The molecule has 1 aromatic heterocycles. The zero-order chi connectivity index (χ0) is 14.0. The Hall–Kier alpha value is 0.0900. The van der Waals surface area contributed by atoms with E-state index in [2.05, 4.69) is 32.7 Å². The van der Waals surface area contributed by atoms with Crippen molar-refractivity contribution in [2.45, 2.75) is 37.0 Å². The van der Waals surface area contributed by atoms with Crippen molar-refractivity contribution >= 4 is 37.1 Å². The molecule has 3 atom stereocenters. The molecule has 6 heteroatoms. The second-order valence-electron chi connectivity index (χ2n) is 5.33. The van der Waals surface area contributed by atoms with Gasteiger partial charge in [0, 0.05) is 12.3 Å². The van der Waals surface area contributed by atoms with Crippen molar-refractivity contribution in [1.82, 2.24) is 5.32 Å². The number of rotatable bonds is 4. The Balaban J connectivity index is 2.15. The number of hydrogen-bond acceptors (Lipinski definition) is 4. The van der Waals surface area contributed by atoms with Crippen LogP contribution in [0.1, 0.15) is 37.3 Å². The minimum absolute atomic E-state index is 0.163. The Labute approximate surface area is 127 Å². The zero-order valence-electron chi connectivity index (χ0n) is 11.2. The molecule has 1 N–H and O–H groups in total. The standard InChI is InChI=1S/C13H20BrNO2S2/c1-15-13(10-7-12(14)18-8-10)9-4-3-5-11(6-9)19(2,16)17/h7-9,11,13,15H,3-6H2,1-2H3. The first kappa shape index (κ1) is 15.5. The molecule has 19 heavy (non-hydrogen) atoms. The first-order chi connectivity index (χ1) is 8.91. The summed E-state index contributed by atoms with van der Waals surface area (Å²) < 4.78 is 24.6. The van der Waals surface area contributed by atoms with Crippen LogP contribution in [0.4, 0.5) is 0 Å². The van der Waals surface area contributed by atoms with Crippen molar-refractivity contribution in [2.75, 3.05) is 13.3 Å². The molecule has 1 aromatic rings. The van der Waals surface area contributed by atoms with E-state index in [1.54, 1.807) is 11.3 Å². The van der Waals surface area contributed by atoms with E-state index in [0.717, 1.165) is 29.5 Å². The fourth-order valence-corrected chi connectivity index (χ4v) is 5.44. The van der Waals surface area contributed by atoms with Crippen LogP contribution in [-0.4, -0.2) is 27.0 Å². The molecular formula is C13H20BrNO2S2. The Bertz CT molecular complexity index is 527. The highest BCUT2D eigenvalue weighted by Gasteiger charge is 2.33. The van der Waals surface area contributed by atoms with Gasteiger partial charge in [0.2, 0.25) is 0 Å². The number of thiophene rings is 1. The molecule has 0 radical (unpaired) electrons. The van der Waals surface area contributed by atoms with Crippen molar-refractivity contribution in [2.24, 2.45) is 5.92 Å². The van der Waals surface area contributed by atoms with Gasteiger partial charge >= 0.3 is 0 Å². The van der Waals surface area contributed by atoms with Gasteiger partial charge in [0.1, 0.15) is 9.84 Å². The van der Waals surface area contributed by atoms with Gasteiger partial charge in [-0.15, -0.1) is 11.3 Å². The van der Waals surface area contributed by atoms with Crippen LogP contribution < -0.4 is 5.32 Å². The van der Waals surface area contributed by atoms with E-state index in [1.165, 1.54) is 11.8 Å². The molecule has 0 bridgehead atoms. The van der Waals surface area contributed by atoms with Gasteiger partial charge in [-0.1, -0.05) is 6.42 Å². The topological polar surface area (TPSA) is 46.2 Å². The molecule has 0 aromatic carbocycles. The monoisotopic (exact) mass is 365 g/mol. The van der Waals surface area contributed by atoms with Gasteiger partial charge in [-0.3, -0.25) is 0 Å². The van der Waals surface area contributed by atoms with E-state index in [-0.39, 0.29) is 11.3 Å². The van der Waals surface area contributed by atoms with E-state index in [1.807, 2.05) is 7.05 Å². The highest BCUT2D eigenvalue weighted by atomic mass is 79.9. The first-order valence-corrected chi connectivity index (χ1v) is 10.1. The van der Waals surface area contributed by atoms with Gasteiger partial charge in [0.25, 0.3) is 0 Å². The number of nitrogens with one attached hydrogen (secondary N) is 1. The average Bonchev–Trinajstić information content (AvgIpc) is 2.76. The lowest BCUT2D eigenvalue weighted by Gasteiger charge is -2.33. The van der Waals surface area contributed by atoms with Crippen molar-refractivity contribution < 1.29 is 8.42 Å². The third kappa shape index (κ3) is 3.80. The van der Waals surface area contributed by atoms with Crippen LogP contribution in [0.2, 0.25) is 0 Å². The fraction of sp³-hybridized carbons (Fsp3) is 0.692. The summed E-state index contributed by atoms with van der Waals surface area (Å²) in [5, 5.41) is 5.35. The lowest BCUT2D eigenvalue weighted by atomic mass is 9.81. The molecule has 108 valence electrons. The predicted molar refractivity (Wildman–Crippen MR) is 84.4 cm³/mol. The van der Waals surface area contributed by atoms with Crippen molar-refractivity contribution in [1.29, 1.82) is 0 Å². The van der Waals surface area contributed by atoms with Crippen molar-refractivity contribution in [3.05, 3.63) is 20.8 Å². The summed E-state index contributed by atoms with van der Waals surface area (Å²) in [6.07, 6.45) is 5.07. The van der Waals surface area contributed by atoms with Crippen LogP contribution >= 0.6 is 27.3 Å². The molecule has 0 saturated heterocycles. The number of halogens is 1. The van der Waals surface area contributed by atoms with Crippen LogP contribution in [0.25, 0.3) is 0 Å². The second-order valence-corrected chi connectivity index (χ2v) is 9.94. The van der Waals surface area contributed by atoms with Gasteiger partial charge in [-0.25, -0.2) is 8.42 Å². The summed E-state index contributed by atoms with van der Waals surface area (Å²) in [5.41, 5.74) is 1.26. The number of hydrogen-bond donors (Lipinski definition) is 1. The number of sulfone groups is 1. The molecule has 0 spiro atoms. The lowest BCUT2D eigenvalue weighted by Crippen LogP contribution is -2.34. The van der Waals surface area contributed by atoms with Gasteiger partial charge in [0.15, 0.2) is 0 Å². The molecule has 3 nitrogen and oxygen atoms in total.